The van der Waals surface area contributed by atoms with Gasteiger partial charge in [0.2, 0.25) is 0 Å². The first-order valence-corrected chi connectivity index (χ1v) is 10.9. The normalized spacial score (nSPS) is 11.2. The third-order valence-electron chi connectivity index (χ3n) is 5.91. The van der Waals surface area contributed by atoms with Gasteiger partial charge in [0.05, 0.1) is 11.0 Å². The number of amides is 1. The minimum Gasteiger partial charge on any atom is -0.352 e. The van der Waals surface area contributed by atoms with Crippen LogP contribution in [0.25, 0.3) is 21.8 Å². The SMILES string of the molecule is Cc1ccccc1C(=O)NCCc1nc2ccccc2n1Cc1ccc2ccccc2c1. The van der Waals surface area contributed by atoms with E-state index in [2.05, 4.69) is 58.4 Å². The first-order valence-electron chi connectivity index (χ1n) is 10.9. The maximum atomic E-state index is 12.6. The molecule has 0 aliphatic carbocycles. The van der Waals surface area contributed by atoms with Gasteiger partial charge in [-0.2, -0.15) is 0 Å². The van der Waals surface area contributed by atoms with Gasteiger partial charge in [0, 0.05) is 25.1 Å². The Balaban J connectivity index is 1.39. The van der Waals surface area contributed by atoms with Gasteiger partial charge in [0.25, 0.3) is 5.91 Å². The Hall–Kier alpha value is -3.92. The largest absolute Gasteiger partial charge is 0.352 e. The fourth-order valence-electron chi connectivity index (χ4n) is 4.22. The van der Waals surface area contributed by atoms with Crippen molar-refractivity contribution < 1.29 is 4.79 Å². The molecule has 158 valence electrons. The maximum Gasteiger partial charge on any atom is 0.251 e. The lowest BCUT2D eigenvalue weighted by Crippen LogP contribution is -2.27. The van der Waals surface area contributed by atoms with Crippen LogP contribution in [0, 0.1) is 6.92 Å². The van der Waals surface area contributed by atoms with E-state index in [9.17, 15) is 4.79 Å². The van der Waals surface area contributed by atoms with Crippen LogP contribution in [0.5, 0.6) is 0 Å². The Morgan fingerprint density at radius 3 is 2.50 bits per heavy atom. The molecule has 0 spiro atoms. The summed E-state index contributed by atoms with van der Waals surface area (Å²) in [6.45, 7) is 3.23. The van der Waals surface area contributed by atoms with E-state index >= 15 is 0 Å². The predicted molar refractivity (Wildman–Crippen MR) is 130 cm³/mol. The summed E-state index contributed by atoms with van der Waals surface area (Å²) in [7, 11) is 0. The number of aryl methyl sites for hydroxylation is 1. The Bertz CT molecular complexity index is 1420. The Labute approximate surface area is 187 Å². The molecule has 32 heavy (non-hydrogen) atoms. The van der Waals surface area contributed by atoms with Crippen molar-refractivity contribution in [2.75, 3.05) is 6.54 Å². The molecule has 4 nitrogen and oxygen atoms in total. The van der Waals surface area contributed by atoms with E-state index in [0.717, 1.165) is 34.5 Å². The molecule has 1 heterocycles. The van der Waals surface area contributed by atoms with Crippen molar-refractivity contribution in [2.45, 2.75) is 19.9 Å². The lowest BCUT2D eigenvalue weighted by atomic mass is 10.1. The van der Waals surface area contributed by atoms with Gasteiger partial charge in [-0.1, -0.05) is 66.7 Å². The zero-order valence-corrected chi connectivity index (χ0v) is 18.1. The fourth-order valence-corrected chi connectivity index (χ4v) is 4.22. The molecule has 0 atom stereocenters. The molecule has 0 unspecified atom stereocenters. The minimum atomic E-state index is -0.0414. The second-order valence-corrected chi connectivity index (χ2v) is 8.11. The van der Waals surface area contributed by atoms with E-state index in [1.165, 1.54) is 16.3 Å². The van der Waals surface area contributed by atoms with Crippen LogP contribution in [0.1, 0.15) is 27.3 Å². The second kappa shape index (κ2) is 8.67. The van der Waals surface area contributed by atoms with Crippen molar-refractivity contribution in [3.05, 3.63) is 114 Å². The summed E-state index contributed by atoms with van der Waals surface area (Å²) < 4.78 is 2.26. The quantitative estimate of drug-likeness (QED) is 0.394. The Kier molecular flexibility index (Phi) is 5.42. The number of aromatic nitrogens is 2. The highest BCUT2D eigenvalue weighted by Crippen LogP contribution is 2.21. The molecule has 0 aliphatic rings. The van der Waals surface area contributed by atoms with E-state index < -0.39 is 0 Å². The van der Waals surface area contributed by atoms with Crippen LogP contribution in [-0.4, -0.2) is 22.0 Å². The van der Waals surface area contributed by atoms with E-state index in [0.29, 0.717) is 13.0 Å². The van der Waals surface area contributed by atoms with Crippen LogP contribution in [-0.2, 0) is 13.0 Å². The zero-order chi connectivity index (χ0) is 21.9. The molecule has 0 saturated carbocycles. The van der Waals surface area contributed by atoms with Crippen LogP contribution in [0.4, 0.5) is 0 Å². The van der Waals surface area contributed by atoms with Crippen molar-refractivity contribution in [3.8, 4) is 0 Å². The van der Waals surface area contributed by atoms with Gasteiger partial charge in [0.1, 0.15) is 5.82 Å². The maximum absolute atomic E-state index is 12.6. The van der Waals surface area contributed by atoms with Crippen LogP contribution < -0.4 is 5.32 Å². The lowest BCUT2D eigenvalue weighted by molar-refractivity contribution is 0.0953. The Morgan fingerprint density at radius 2 is 1.62 bits per heavy atom. The molecule has 1 amide bonds. The number of fused-ring (bicyclic) bond motifs is 2. The van der Waals surface area contributed by atoms with Crippen LogP contribution in [0.2, 0.25) is 0 Å². The highest BCUT2D eigenvalue weighted by Gasteiger charge is 2.13. The van der Waals surface area contributed by atoms with E-state index in [1.807, 2.05) is 49.4 Å². The van der Waals surface area contributed by atoms with Gasteiger partial charge in [-0.05, 0) is 53.1 Å². The predicted octanol–water partition coefficient (Wildman–Crippen LogP) is 5.52. The molecule has 5 aromatic rings. The number of hydrogen-bond donors (Lipinski definition) is 1. The summed E-state index contributed by atoms with van der Waals surface area (Å²) in [5, 5.41) is 5.53. The summed E-state index contributed by atoms with van der Waals surface area (Å²) in [6, 6.07) is 30.9. The number of rotatable bonds is 6. The molecule has 0 bridgehead atoms. The number of hydrogen-bond acceptors (Lipinski definition) is 2. The highest BCUT2D eigenvalue weighted by molar-refractivity contribution is 5.95. The summed E-state index contributed by atoms with van der Waals surface area (Å²) in [5.41, 5.74) is 5.03. The molecule has 0 fully saturated rings. The fraction of sp³-hybridized carbons (Fsp3) is 0.143. The summed E-state index contributed by atoms with van der Waals surface area (Å²) in [5.74, 6) is 0.935. The number of carbonyl (C=O) groups excluding carboxylic acids is 1. The number of para-hydroxylation sites is 2. The molecular formula is C28H25N3O. The second-order valence-electron chi connectivity index (χ2n) is 8.11. The average molecular weight is 420 g/mol. The Morgan fingerprint density at radius 1 is 0.875 bits per heavy atom. The number of nitrogens with one attached hydrogen (secondary N) is 1. The summed E-state index contributed by atoms with van der Waals surface area (Å²) in [4.78, 5) is 17.5. The van der Waals surface area contributed by atoms with Crippen molar-refractivity contribution in [1.29, 1.82) is 0 Å². The molecule has 4 aromatic carbocycles. The molecule has 0 saturated heterocycles. The van der Waals surface area contributed by atoms with E-state index in [1.54, 1.807) is 0 Å². The number of carbonyl (C=O) groups is 1. The van der Waals surface area contributed by atoms with E-state index in [-0.39, 0.29) is 5.91 Å². The summed E-state index contributed by atoms with van der Waals surface area (Å²) >= 11 is 0. The molecule has 5 rings (SSSR count). The van der Waals surface area contributed by atoms with Gasteiger partial charge in [-0.15, -0.1) is 0 Å². The number of benzene rings is 4. The van der Waals surface area contributed by atoms with Gasteiger partial charge in [-0.3, -0.25) is 4.79 Å². The lowest BCUT2D eigenvalue weighted by Gasteiger charge is -2.11. The number of imidazole rings is 1. The molecule has 0 aliphatic heterocycles. The molecule has 0 radical (unpaired) electrons. The third-order valence-corrected chi connectivity index (χ3v) is 5.91. The van der Waals surface area contributed by atoms with Gasteiger partial charge >= 0.3 is 0 Å². The molecular weight excluding hydrogens is 394 g/mol. The van der Waals surface area contributed by atoms with Gasteiger partial charge in [0.15, 0.2) is 0 Å². The standard InChI is InChI=1S/C28H25N3O/c1-20-8-2-5-11-24(20)28(32)29-17-16-27-30-25-12-6-7-13-26(25)31(27)19-21-14-15-22-9-3-4-10-23(22)18-21/h2-15,18H,16-17,19H2,1H3,(H,29,32). The smallest absolute Gasteiger partial charge is 0.251 e. The molecule has 1 N–H and O–H groups in total. The monoisotopic (exact) mass is 419 g/mol. The topological polar surface area (TPSA) is 46.9 Å². The number of nitrogens with zero attached hydrogens (tertiary/aromatic N) is 2. The molecule has 4 heteroatoms. The van der Waals surface area contributed by atoms with Crippen molar-refractivity contribution in [3.63, 3.8) is 0 Å². The third kappa shape index (κ3) is 4.00. The average Bonchev–Trinajstić information content (AvgIpc) is 3.16. The first kappa shape index (κ1) is 20.0. The highest BCUT2D eigenvalue weighted by atomic mass is 16.1. The minimum absolute atomic E-state index is 0.0414. The zero-order valence-electron chi connectivity index (χ0n) is 18.1. The van der Waals surface area contributed by atoms with Gasteiger partial charge < -0.3 is 9.88 Å². The van der Waals surface area contributed by atoms with Crippen LogP contribution in [0.3, 0.4) is 0 Å². The van der Waals surface area contributed by atoms with Crippen LogP contribution in [0.15, 0.2) is 91.0 Å². The molecule has 1 aromatic heterocycles. The van der Waals surface area contributed by atoms with Crippen molar-refractivity contribution in [2.24, 2.45) is 0 Å². The van der Waals surface area contributed by atoms with Gasteiger partial charge in [-0.25, -0.2) is 4.98 Å². The van der Waals surface area contributed by atoms with Crippen molar-refractivity contribution >= 4 is 27.7 Å². The first-order chi connectivity index (χ1) is 15.7. The van der Waals surface area contributed by atoms with E-state index in [4.69, 9.17) is 4.98 Å². The van der Waals surface area contributed by atoms with Crippen LogP contribution >= 0.6 is 0 Å². The van der Waals surface area contributed by atoms with Crippen molar-refractivity contribution in [1.82, 2.24) is 14.9 Å². The summed E-state index contributed by atoms with van der Waals surface area (Å²) in [6.07, 6.45) is 0.667.